The molecular formula is C36H64O3S. The van der Waals surface area contributed by atoms with E-state index in [0.717, 1.165) is 40.2 Å². The highest BCUT2D eigenvalue weighted by atomic mass is 32.2. The highest BCUT2D eigenvalue weighted by Gasteiger charge is 2.30. The fourth-order valence-electron chi connectivity index (χ4n) is 5.78. The predicted molar refractivity (Wildman–Crippen MR) is 177 cm³/mol. The molecule has 0 radical (unpaired) electrons. The molecule has 40 heavy (non-hydrogen) atoms. The van der Waals surface area contributed by atoms with Gasteiger partial charge >= 0.3 is 5.97 Å². The van der Waals surface area contributed by atoms with Crippen molar-refractivity contribution in [2.24, 2.45) is 0 Å². The molecule has 4 heteroatoms. The van der Waals surface area contributed by atoms with Crippen LogP contribution in [-0.2, 0) is 28.5 Å². The molecule has 0 fully saturated rings. The van der Waals surface area contributed by atoms with Crippen molar-refractivity contribution in [2.75, 3.05) is 11.5 Å². The molecule has 0 aliphatic carbocycles. The Hall–Kier alpha value is -1.16. The summed E-state index contributed by atoms with van der Waals surface area (Å²) in [7, 11) is 0. The van der Waals surface area contributed by atoms with Gasteiger partial charge in [0.15, 0.2) is 0 Å². The van der Waals surface area contributed by atoms with Crippen molar-refractivity contribution in [1.29, 1.82) is 0 Å². The molecule has 0 unspecified atom stereocenters. The van der Waals surface area contributed by atoms with E-state index in [4.69, 9.17) is 0 Å². The number of phenolic OH excluding ortho intramolecular Hbond substituents is 1. The van der Waals surface area contributed by atoms with Crippen LogP contribution in [0.4, 0.5) is 0 Å². The summed E-state index contributed by atoms with van der Waals surface area (Å²) in [4.78, 5) is 11.7. The second-order valence-corrected chi connectivity index (χ2v) is 15.2. The topological polar surface area (TPSA) is 57.5 Å². The zero-order chi connectivity index (χ0) is 30.0. The van der Waals surface area contributed by atoms with Crippen LogP contribution in [0.2, 0.25) is 0 Å². The first kappa shape index (κ1) is 36.9. The molecule has 0 atom stereocenters. The second kappa shape index (κ2) is 19.9. The van der Waals surface area contributed by atoms with E-state index in [1.807, 2.05) is 17.8 Å². The van der Waals surface area contributed by atoms with Gasteiger partial charge in [0.25, 0.3) is 0 Å². The molecule has 0 aliphatic heterocycles. The van der Waals surface area contributed by atoms with Gasteiger partial charge in [-0.3, -0.25) is 4.79 Å². The van der Waals surface area contributed by atoms with Crippen molar-refractivity contribution < 1.29 is 15.0 Å². The van der Waals surface area contributed by atoms with Crippen LogP contribution in [0.3, 0.4) is 0 Å². The maximum absolute atomic E-state index is 11.7. The molecule has 0 aromatic heterocycles. The van der Waals surface area contributed by atoms with Gasteiger partial charge in [0.2, 0.25) is 0 Å². The van der Waals surface area contributed by atoms with Gasteiger partial charge in [0.05, 0.1) is 6.42 Å². The lowest BCUT2D eigenvalue weighted by Gasteiger charge is -2.31. The van der Waals surface area contributed by atoms with Gasteiger partial charge < -0.3 is 10.2 Å². The Labute approximate surface area is 252 Å². The second-order valence-electron chi connectivity index (χ2n) is 14.0. The molecule has 1 rings (SSSR count). The Morgan fingerprint density at radius 2 is 1.15 bits per heavy atom. The summed E-state index contributed by atoms with van der Waals surface area (Å²) in [6.45, 7) is 14.9. The molecule has 0 saturated carbocycles. The van der Waals surface area contributed by atoms with Crippen molar-refractivity contribution in [3.63, 3.8) is 0 Å². The van der Waals surface area contributed by atoms with Gasteiger partial charge in [0.1, 0.15) is 5.75 Å². The molecule has 0 saturated heterocycles. The molecule has 0 aliphatic rings. The van der Waals surface area contributed by atoms with Gasteiger partial charge in [-0.05, 0) is 51.9 Å². The van der Waals surface area contributed by atoms with Gasteiger partial charge in [0, 0.05) is 5.56 Å². The summed E-state index contributed by atoms with van der Waals surface area (Å²) in [5.74, 6) is 1.66. The summed E-state index contributed by atoms with van der Waals surface area (Å²) in [5.41, 5.74) is 3.17. The number of rotatable bonds is 22. The zero-order valence-electron chi connectivity index (χ0n) is 27.4. The molecule has 2 N–H and O–H groups in total. The first-order valence-corrected chi connectivity index (χ1v) is 17.7. The van der Waals surface area contributed by atoms with Crippen molar-refractivity contribution in [3.05, 3.63) is 28.3 Å². The molecule has 0 heterocycles. The van der Waals surface area contributed by atoms with E-state index in [0.29, 0.717) is 5.75 Å². The normalized spacial score (nSPS) is 12.3. The van der Waals surface area contributed by atoms with E-state index in [1.54, 1.807) is 0 Å². The van der Waals surface area contributed by atoms with E-state index in [-0.39, 0.29) is 17.3 Å². The number of unbranched alkanes of at least 4 members (excludes halogenated alkanes) is 15. The first-order chi connectivity index (χ1) is 18.9. The average Bonchev–Trinajstić information content (AvgIpc) is 2.85. The maximum Gasteiger partial charge on any atom is 0.307 e. The van der Waals surface area contributed by atoms with Crippen LogP contribution in [-0.4, -0.2) is 27.7 Å². The van der Waals surface area contributed by atoms with Crippen LogP contribution >= 0.6 is 11.8 Å². The van der Waals surface area contributed by atoms with E-state index < -0.39 is 5.97 Å². The van der Waals surface area contributed by atoms with Crippen LogP contribution in [0.1, 0.15) is 173 Å². The Bertz CT molecular complexity index is 832. The molecule has 0 spiro atoms. The molecule has 1 aromatic carbocycles. The molecule has 3 nitrogen and oxygen atoms in total. The summed E-state index contributed by atoms with van der Waals surface area (Å²) in [5, 5.41) is 20.9. The number of aliphatic carboxylic acids is 1. The van der Waals surface area contributed by atoms with Gasteiger partial charge in [-0.25, -0.2) is 0 Å². The Kier molecular flexibility index (Phi) is 18.3. The standard InChI is InChI=1S/C36H64O3S/c1-8-9-10-11-12-13-14-15-16-17-18-19-20-21-22-23-25-40-26-24-30-29(28-32(37)38)27-31(35(2,3)4)34(39)33(30)36(5,6)7/h27,39H,8-26,28H2,1-7H3,(H,37,38). The lowest BCUT2D eigenvalue weighted by Crippen LogP contribution is -2.22. The monoisotopic (exact) mass is 576 g/mol. The van der Waals surface area contributed by atoms with Crippen molar-refractivity contribution >= 4 is 17.7 Å². The molecule has 1 aromatic rings. The number of carboxylic acid groups (broad SMARTS) is 1. The van der Waals surface area contributed by atoms with Crippen LogP contribution in [0.5, 0.6) is 5.75 Å². The van der Waals surface area contributed by atoms with Gasteiger partial charge in [-0.15, -0.1) is 0 Å². The van der Waals surface area contributed by atoms with Crippen LogP contribution in [0, 0.1) is 0 Å². The summed E-state index contributed by atoms with van der Waals surface area (Å²) in [6.07, 6.45) is 23.1. The third-order valence-electron chi connectivity index (χ3n) is 8.04. The highest BCUT2D eigenvalue weighted by molar-refractivity contribution is 7.99. The third-order valence-corrected chi connectivity index (χ3v) is 9.11. The SMILES string of the molecule is CCCCCCCCCCCCCCCCCCSCCc1c(CC(=O)O)cc(C(C)(C)C)c(O)c1C(C)(C)C. The number of carboxylic acids is 1. The minimum Gasteiger partial charge on any atom is -0.507 e. The smallest absolute Gasteiger partial charge is 0.307 e. The Morgan fingerprint density at radius 3 is 1.55 bits per heavy atom. The Balaban J connectivity index is 2.34. The highest BCUT2D eigenvalue weighted by Crippen LogP contribution is 2.43. The first-order valence-electron chi connectivity index (χ1n) is 16.6. The van der Waals surface area contributed by atoms with Crippen LogP contribution < -0.4 is 0 Å². The number of phenols is 1. The van der Waals surface area contributed by atoms with Gasteiger partial charge in [-0.1, -0.05) is 151 Å². The summed E-state index contributed by atoms with van der Waals surface area (Å²) in [6, 6.07) is 1.95. The molecule has 232 valence electrons. The van der Waals surface area contributed by atoms with Crippen LogP contribution in [0.25, 0.3) is 0 Å². The van der Waals surface area contributed by atoms with Crippen LogP contribution in [0.15, 0.2) is 6.07 Å². The number of thioether (sulfide) groups is 1. The van der Waals surface area contributed by atoms with E-state index >= 15 is 0 Å². The summed E-state index contributed by atoms with van der Waals surface area (Å²) < 4.78 is 0. The fourth-order valence-corrected chi connectivity index (χ4v) is 6.74. The van der Waals surface area contributed by atoms with Crippen molar-refractivity contribution in [3.8, 4) is 5.75 Å². The number of aromatic hydroxyl groups is 1. The summed E-state index contributed by atoms with van der Waals surface area (Å²) >= 11 is 1.97. The van der Waals surface area contributed by atoms with Gasteiger partial charge in [-0.2, -0.15) is 11.8 Å². The maximum atomic E-state index is 11.7. The molecule has 0 bridgehead atoms. The lowest BCUT2D eigenvalue weighted by molar-refractivity contribution is -0.136. The third kappa shape index (κ3) is 15.2. The number of hydrogen-bond donors (Lipinski definition) is 2. The minimum absolute atomic E-state index is 0.00552. The van der Waals surface area contributed by atoms with Crippen molar-refractivity contribution in [1.82, 2.24) is 0 Å². The zero-order valence-corrected chi connectivity index (χ0v) is 28.2. The number of carbonyl (C=O) groups is 1. The number of hydrogen-bond acceptors (Lipinski definition) is 3. The lowest BCUT2D eigenvalue weighted by atomic mass is 9.75. The molecular weight excluding hydrogens is 512 g/mol. The quantitative estimate of drug-likeness (QED) is 0.135. The van der Waals surface area contributed by atoms with E-state index in [9.17, 15) is 15.0 Å². The number of benzene rings is 1. The Morgan fingerprint density at radius 1 is 0.700 bits per heavy atom. The predicted octanol–water partition coefficient (Wildman–Crippen LogP) is 11.2. The molecule has 0 amide bonds. The largest absolute Gasteiger partial charge is 0.507 e. The van der Waals surface area contributed by atoms with Crippen molar-refractivity contribution in [2.45, 2.75) is 175 Å². The van der Waals surface area contributed by atoms with E-state index in [1.165, 1.54) is 103 Å². The minimum atomic E-state index is -0.813. The van der Waals surface area contributed by atoms with E-state index in [2.05, 4.69) is 48.5 Å². The average molecular weight is 577 g/mol. The fraction of sp³-hybridized carbons (Fsp3) is 0.806.